The van der Waals surface area contributed by atoms with Gasteiger partial charge in [0.05, 0.1) is 0 Å². The first kappa shape index (κ1) is 26.5. The summed E-state index contributed by atoms with van der Waals surface area (Å²) in [5, 5.41) is 0. The van der Waals surface area contributed by atoms with Gasteiger partial charge in [-0.05, 0) is 11.8 Å². The molecule has 0 aliphatic heterocycles. The molecule has 0 aromatic heterocycles. The van der Waals surface area contributed by atoms with Crippen molar-refractivity contribution in [1.82, 2.24) is 0 Å². The van der Waals surface area contributed by atoms with Gasteiger partial charge in [0, 0.05) is 0 Å². The summed E-state index contributed by atoms with van der Waals surface area (Å²) in [6, 6.07) is 0. The summed E-state index contributed by atoms with van der Waals surface area (Å²) in [6.45, 7) is 18.2. The van der Waals surface area contributed by atoms with Gasteiger partial charge in [0.25, 0.3) is 0 Å². The Labute approximate surface area is 181 Å². The third-order valence-corrected chi connectivity index (χ3v) is 6.45. The van der Waals surface area contributed by atoms with Gasteiger partial charge in [0.15, 0.2) is 0 Å². The smallest absolute Gasteiger partial charge is 0.269 e. The van der Waals surface area contributed by atoms with Crippen LogP contribution in [0.3, 0.4) is 0 Å². The van der Waals surface area contributed by atoms with Crippen LogP contribution in [-0.4, -0.2) is 0 Å². The summed E-state index contributed by atoms with van der Waals surface area (Å²) < 4.78 is 0. The number of hydrogen-bond acceptors (Lipinski definition) is 0. The van der Waals surface area contributed by atoms with E-state index in [1.807, 2.05) is 0 Å². The second-order valence-electron chi connectivity index (χ2n) is 8.29. The van der Waals surface area contributed by atoms with E-state index < -0.39 is 0 Å². The zero-order valence-corrected chi connectivity index (χ0v) is 20.2. The molecule has 1 heteroatoms. The molecule has 27 heavy (non-hydrogen) atoms. The zero-order chi connectivity index (χ0) is 19.7. The van der Waals surface area contributed by atoms with Gasteiger partial charge in [-0.1, -0.05) is 92.9 Å². The van der Waals surface area contributed by atoms with Gasteiger partial charge < -0.3 is 0 Å². The van der Waals surface area contributed by atoms with Crippen LogP contribution in [0, 0.1) is 35.8 Å². The van der Waals surface area contributed by atoms with Crippen LogP contribution in [0.4, 0.5) is 0 Å². The molecule has 0 bridgehead atoms. The van der Waals surface area contributed by atoms with Crippen LogP contribution in [0.25, 0.3) is 0 Å². The molecule has 2 aliphatic carbocycles. The third kappa shape index (κ3) is 8.16. The average molecular weight is 410 g/mol. The minimum absolute atomic E-state index is 0. The van der Waals surface area contributed by atoms with Gasteiger partial charge in [-0.3, -0.25) is 12.2 Å². The van der Waals surface area contributed by atoms with Gasteiger partial charge in [-0.15, -0.1) is 12.8 Å². The third-order valence-electron chi connectivity index (χ3n) is 6.45. The van der Waals surface area contributed by atoms with Crippen LogP contribution in [0.2, 0.25) is 0 Å². The molecule has 4 atom stereocenters. The molecule has 0 aromatic rings. The van der Waals surface area contributed by atoms with Crippen molar-refractivity contribution in [3.63, 3.8) is 0 Å². The Bertz CT molecular complexity index is 497. The van der Waals surface area contributed by atoms with Crippen molar-refractivity contribution < 1.29 is 17.1 Å². The molecule has 0 N–H and O–H groups in total. The molecule has 2 rings (SSSR count). The fourth-order valence-electron chi connectivity index (χ4n) is 3.24. The predicted molar refractivity (Wildman–Crippen MR) is 117 cm³/mol. The van der Waals surface area contributed by atoms with Gasteiger partial charge in [0.1, 0.15) is 0 Å². The fraction of sp³-hybridized carbons (Fsp3) is 0.692. The van der Waals surface area contributed by atoms with E-state index in [9.17, 15) is 0 Å². The number of hydrogen-bond donors (Lipinski definition) is 0. The predicted octanol–water partition coefficient (Wildman–Crippen LogP) is 8.27. The molecule has 0 saturated carbocycles. The van der Waals surface area contributed by atoms with Crippen LogP contribution in [0.1, 0.15) is 93.9 Å². The summed E-state index contributed by atoms with van der Waals surface area (Å²) >= 11 is 0. The second-order valence-corrected chi connectivity index (χ2v) is 8.29. The van der Waals surface area contributed by atoms with Gasteiger partial charge >= 0.3 is 17.1 Å². The van der Waals surface area contributed by atoms with Gasteiger partial charge in [0.2, 0.25) is 0 Å². The summed E-state index contributed by atoms with van der Waals surface area (Å²) in [4.78, 5) is 0. The van der Waals surface area contributed by atoms with Crippen LogP contribution < -0.4 is 0 Å². The first-order chi connectivity index (χ1) is 12.4. The SMILES string of the molecule is CCC(C)C1=[C-]CC(C(C)CC)=C1.CCC(C)C1=[C-]CC(C(C)CC)=C1.[Fe+2]. The molecule has 0 saturated heterocycles. The van der Waals surface area contributed by atoms with Crippen molar-refractivity contribution in [2.75, 3.05) is 0 Å². The van der Waals surface area contributed by atoms with E-state index in [1.165, 1.54) is 36.8 Å². The molecule has 0 fully saturated rings. The van der Waals surface area contributed by atoms with Crippen LogP contribution >= 0.6 is 0 Å². The topological polar surface area (TPSA) is 0 Å². The molecule has 0 nitrogen and oxygen atoms in total. The summed E-state index contributed by atoms with van der Waals surface area (Å²) in [5.41, 5.74) is 6.05. The van der Waals surface area contributed by atoms with E-state index in [2.05, 4.69) is 79.7 Å². The molecular formula is C26H42Fe. The maximum Gasteiger partial charge on any atom is 2.00 e. The van der Waals surface area contributed by atoms with E-state index in [1.54, 1.807) is 11.1 Å². The summed E-state index contributed by atoms with van der Waals surface area (Å²) in [6.07, 6.45) is 18.9. The molecule has 4 unspecified atom stereocenters. The Hall–Kier alpha value is -0.521. The molecule has 0 amide bonds. The Kier molecular flexibility index (Phi) is 13.4. The Morgan fingerprint density at radius 3 is 1.19 bits per heavy atom. The molecule has 0 heterocycles. The quantitative estimate of drug-likeness (QED) is 0.279. The number of allylic oxidation sites excluding steroid dienone is 8. The monoisotopic (exact) mass is 410 g/mol. The fourth-order valence-corrected chi connectivity index (χ4v) is 3.24. The molecule has 0 spiro atoms. The van der Waals surface area contributed by atoms with E-state index in [0.717, 1.165) is 24.7 Å². The van der Waals surface area contributed by atoms with Gasteiger partial charge in [-0.2, -0.15) is 11.1 Å². The van der Waals surface area contributed by atoms with E-state index in [-0.39, 0.29) is 17.1 Å². The Balaban J connectivity index is 0.000000483. The minimum Gasteiger partial charge on any atom is -0.269 e. The van der Waals surface area contributed by atoms with Crippen LogP contribution in [-0.2, 0) is 17.1 Å². The van der Waals surface area contributed by atoms with Crippen molar-refractivity contribution in [1.29, 1.82) is 0 Å². The summed E-state index contributed by atoms with van der Waals surface area (Å²) in [7, 11) is 0. The maximum atomic E-state index is 3.50. The Morgan fingerprint density at radius 2 is 0.926 bits per heavy atom. The maximum absolute atomic E-state index is 3.50. The molecule has 154 valence electrons. The van der Waals surface area contributed by atoms with E-state index in [0.29, 0.717) is 11.8 Å². The minimum atomic E-state index is 0. The average Bonchev–Trinajstić information content (AvgIpc) is 3.35. The first-order valence-corrected chi connectivity index (χ1v) is 11.0. The largest absolute Gasteiger partial charge is 2.00 e. The van der Waals surface area contributed by atoms with Gasteiger partial charge in [-0.25, -0.2) is 23.3 Å². The van der Waals surface area contributed by atoms with E-state index in [4.69, 9.17) is 0 Å². The molecular weight excluding hydrogens is 368 g/mol. The summed E-state index contributed by atoms with van der Waals surface area (Å²) in [5.74, 6) is 2.88. The molecule has 2 aliphatic rings. The zero-order valence-electron chi connectivity index (χ0n) is 19.1. The van der Waals surface area contributed by atoms with Crippen molar-refractivity contribution in [3.05, 3.63) is 46.6 Å². The number of rotatable bonds is 8. The van der Waals surface area contributed by atoms with Crippen molar-refractivity contribution >= 4 is 0 Å². The van der Waals surface area contributed by atoms with Crippen LogP contribution in [0.5, 0.6) is 0 Å². The van der Waals surface area contributed by atoms with Crippen molar-refractivity contribution in [3.8, 4) is 0 Å². The van der Waals surface area contributed by atoms with Crippen LogP contribution in [0.15, 0.2) is 34.4 Å². The van der Waals surface area contributed by atoms with Crippen molar-refractivity contribution in [2.24, 2.45) is 23.7 Å². The van der Waals surface area contributed by atoms with E-state index >= 15 is 0 Å². The molecule has 0 radical (unpaired) electrons. The first-order valence-electron chi connectivity index (χ1n) is 11.0. The molecule has 0 aromatic carbocycles. The second kappa shape index (κ2) is 13.6. The standard InChI is InChI=1S/2C13H21.Fe/c2*1-5-10(3)12-7-8-13(9-12)11(4)6-2;/h2*9-11H,5-7H2,1-4H3;/q2*-1;+2. The normalized spacial score (nSPS) is 20.1. The van der Waals surface area contributed by atoms with Crippen molar-refractivity contribution in [2.45, 2.75) is 93.9 Å². The Morgan fingerprint density at radius 1 is 0.630 bits per heavy atom.